The zero-order chi connectivity index (χ0) is 19.1. The number of hydrogen-bond acceptors (Lipinski definition) is 5. The minimum absolute atomic E-state index is 0. The Morgan fingerprint density at radius 3 is 2.56 bits per heavy atom. The smallest absolute Gasteiger partial charge is 0.262 e. The highest BCUT2D eigenvalue weighted by Gasteiger charge is 2.43. The van der Waals surface area contributed by atoms with Crippen molar-refractivity contribution < 1.29 is 13.5 Å². The maximum atomic E-state index is 11.7. The van der Waals surface area contributed by atoms with Crippen LogP contribution < -0.4 is 0 Å². The van der Waals surface area contributed by atoms with Crippen LogP contribution in [0.1, 0.15) is 11.1 Å². The molecule has 1 saturated heterocycles. The number of hydrogen-bond donors (Lipinski definition) is 1. The van der Waals surface area contributed by atoms with Crippen molar-refractivity contribution in [3.05, 3.63) is 58.6 Å². The third-order valence-corrected chi connectivity index (χ3v) is 7.21. The number of aryl methyl sites for hydroxylation is 1. The van der Waals surface area contributed by atoms with E-state index in [0.29, 0.717) is 10.7 Å². The van der Waals surface area contributed by atoms with Gasteiger partial charge in [-0.15, -0.1) is 17.0 Å². The van der Waals surface area contributed by atoms with Gasteiger partial charge in [-0.25, -0.2) is 13.4 Å². The summed E-state index contributed by atoms with van der Waals surface area (Å²) >= 11 is 7.32. The van der Waals surface area contributed by atoms with Gasteiger partial charge < -0.3 is 10.0 Å². The number of halogens is 3. The average Bonchev–Trinajstić information content (AvgIpc) is 2.86. The van der Waals surface area contributed by atoms with Crippen LogP contribution in [0.3, 0.4) is 0 Å². The second kappa shape index (κ2) is 8.31. The van der Waals surface area contributed by atoms with Gasteiger partial charge in [-0.3, -0.25) is 0 Å². The Kier molecular flexibility index (Phi) is 6.93. The molecule has 10 heteroatoms. The molecule has 1 aliphatic rings. The van der Waals surface area contributed by atoms with Gasteiger partial charge in [0.2, 0.25) is 0 Å². The Labute approximate surface area is 182 Å². The SMILES string of the molecule is Br.Cc1ccccc1/N=C1/SCC(O)(c2ccc(Cl)c(S(=O)(=O)Cl)c2)N1C. The topological polar surface area (TPSA) is 70.0 Å². The minimum Gasteiger partial charge on any atom is -0.366 e. The summed E-state index contributed by atoms with van der Waals surface area (Å²) in [4.78, 5) is 6.02. The summed E-state index contributed by atoms with van der Waals surface area (Å²) in [5.41, 5.74) is 0.788. The lowest BCUT2D eigenvalue weighted by Crippen LogP contribution is -2.42. The van der Waals surface area contributed by atoms with Crippen LogP contribution in [0.5, 0.6) is 0 Å². The fourth-order valence-corrected chi connectivity index (χ4v) is 5.32. The van der Waals surface area contributed by atoms with E-state index in [-0.39, 0.29) is 32.7 Å². The second-order valence-corrected chi connectivity index (χ2v) is 9.81. The van der Waals surface area contributed by atoms with Crippen molar-refractivity contribution in [3.63, 3.8) is 0 Å². The first-order valence-corrected chi connectivity index (χ1v) is 11.3. The zero-order valence-electron chi connectivity index (χ0n) is 14.4. The fraction of sp³-hybridized carbons (Fsp3) is 0.235. The van der Waals surface area contributed by atoms with Crippen molar-refractivity contribution in [1.29, 1.82) is 0 Å². The van der Waals surface area contributed by atoms with Crippen LogP contribution in [0.25, 0.3) is 0 Å². The predicted molar refractivity (Wildman–Crippen MR) is 117 cm³/mol. The van der Waals surface area contributed by atoms with Crippen LogP contribution in [0.15, 0.2) is 52.4 Å². The number of aliphatic hydroxyl groups is 1. The van der Waals surface area contributed by atoms with E-state index in [9.17, 15) is 13.5 Å². The van der Waals surface area contributed by atoms with Crippen molar-refractivity contribution in [2.24, 2.45) is 4.99 Å². The van der Waals surface area contributed by atoms with E-state index >= 15 is 0 Å². The molecule has 0 aliphatic carbocycles. The van der Waals surface area contributed by atoms with Crippen LogP contribution in [-0.2, 0) is 14.8 Å². The van der Waals surface area contributed by atoms with Crippen LogP contribution >= 0.6 is 51.0 Å². The van der Waals surface area contributed by atoms with Crippen LogP contribution in [0.2, 0.25) is 5.02 Å². The largest absolute Gasteiger partial charge is 0.366 e. The highest BCUT2D eigenvalue weighted by molar-refractivity contribution is 8.93. The number of para-hydroxylation sites is 1. The first-order valence-electron chi connectivity index (χ1n) is 7.61. The highest BCUT2D eigenvalue weighted by atomic mass is 79.9. The Morgan fingerprint density at radius 2 is 1.93 bits per heavy atom. The summed E-state index contributed by atoms with van der Waals surface area (Å²) in [7, 11) is 3.13. The Bertz CT molecular complexity index is 1000. The molecule has 2 aromatic rings. The molecule has 0 radical (unpaired) electrons. The molecule has 0 aromatic heterocycles. The van der Waals surface area contributed by atoms with Gasteiger partial charge in [-0.05, 0) is 30.7 Å². The molecule has 3 rings (SSSR count). The number of benzene rings is 2. The van der Waals surface area contributed by atoms with E-state index in [4.69, 9.17) is 22.3 Å². The molecule has 1 aliphatic heterocycles. The van der Waals surface area contributed by atoms with Gasteiger partial charge in [0, 0.05) is 23.3 Å². The van der Waals surface area contributed by atoms with E-state index in [2.05, 4.69) is 4.99 Å². The second-order valence-electron chi connectivity index (χ2n) is 5.93. The molecule has 1 unspecified atom stereocenters. The average molecular weight is 512 g/mol. The predicted octanol–water partition coefficient (Wildman–Crippen LogP) is 4.67. The molecular formula is C17H17BrCl2N2O3S2. The quantitative estimate of drug-likeness (QED) is 0.606. The van der Waals surface area contributed by atoms with Gasteiger partial charge in [0.05, 0.1) is 16.5 Å². The van der Waals surface area contributed by atoms with Crippen molar-refractivity contribution in [3.8, 4) is 0 Å². The number of amidine groups is 1. The summed E-state index contributed by atoms with van der Waals surface area (Å²) in [6.45, 7) is 1.96. The summed E-state index contributed by atoms with van der Waals surface area (Å²) in [5, 5.41) is 11.8. The molecule has 146 valence electrons. The third kappa shape index (κ3) is 4.46. The van der Waals surface area contributed by atoms with Gasteiger partial charge in [-0.1, -0.05) is 47.6 Å². The van der Waals surface area contributed by atoms with Crippen molar-refractivity contribution >= 4 is 70.9 Å². The van der Waals surface area contributed by atoms with Crippen molar-refractivity contribution in [2.75, 3.05) is 12.8 Å². The van der Waals surface area contributed by atoms with Crippen LogP contribution in [-0.4, -0.2) is 36.4 Å². The molecule has 1 atom stereocenters. The minimum atomic E-state index is -4.02. The summed E-state index contributed by atoms with van der Waals surface area (Å²) in [6, 6.07) is 12.0. The Morgan fingerprint density at radius 1 is 1.26 bits per heavy atom. The summed E-state index contributed by atoms with van der Waals surface area (Å²) in [6.07, 6.45) is 0. The van der Waals surface area contributed by atoms with E-state index < -0.39 is 14.8 Å². The molecule has 0 amide bonds. The van der Waals surface area contributed by atoms with E-state index in [0.717, 1.165) is 11.3 Å². The van der Waals surface area contributed by atoms with Crippen LogP contribution in [0.4, 0.5) is 5.69 Å². The molecule has 0 spiro atoms. The molecule has 1 heterocycles. The van der Waals surface area contributed by atoms with E-state index in [1.807, 2.05) is 31.2 Å². The first kappa shape index (κ1) is 22.5. The molecule has 1 N–H and O–H groups in total. The van der Waals surface area contributed by atoms with Gasteiger partial charge in [-0.2, -0.15) is 0 Å². The number of thioether (sulfide) groups is 1. The molecule has 27 heavy (non-hydrogen) atoms. The maximum Gasteiger partial charge on any atom is 0.262 e. The van der Waals surface area contributed by atoms with Crippen molar-refractivity contribution in [1.82, 2.24) is 4.90 Å². The van der Waals surface area contributed by atoms with Crippen molar-refractivity contribution in [2.45, 2.75) is 17.5 Å². The summed E-state index contributed by atoms with van der Waals surface area (Å²) in [5.74, 6) is 0.289. The number of rotatable bonds is 3. The molecule has 1 fully saturated rings. The van der Waals surface area contributed by atoms with E-state index in [1.54, 1.807) is 18.0 Å². The lowest BCUT2D eigenvalue weighted by Gasteiger charge is -2.31. The number of aliphatic imine (C=N–C) groups is 1. The normalized spacial score (nSPS) is 21.4. The molecule has 0 bridgehead atoms. The molecule has 2 aromatic carbocycles. The molecule has 5 nitrogen and oxygen atoms in total. The molecule has 0 saturated carbocycles. The standard InChI is InChI=1S/C17H16Cl2N2O3S2.BrH/c1-11-5-3-4-6-14(11)20-16-21(2)17(22,10-25-16)12-7-8-13(18)15(9-12)26(19,23)24;/h3-9,22H,10H2,1-2H3;1H/b20-16+;. The highest BCUT2D eigenvalue weighted by Crippen LogP contribution is 2.40. The number of nitrogens with zero attached hydrogens (tertiary/aromatic N) is 2. The first-order chi connectivity index (χ1) is 12.1. The van der Waals surface area contributed by atoms with Gasteiger partial charge in [0.25, 0.3) is 9.05 Å². The third-order valence-electron chi connectivity index (χ3n) is 4.23. The Hall–Kier alpha value is -0.770. The Balaban J connectivity index is 0.00000261. The molecular weight excluding hydrogens is 495 g/mol. The lowest BCUT2D eigenvalue weighted by molar-refractivity contribution is -0.0349. The van der Waals surface area contributed by atoms with E-state index in [1.165, 1.54) is 23.9 Å². The monoisotopic (exact) mass is 510 g/mol. The van der Waals surface area contributed by atoms with Gasteiger partial charge in [0.15, 0.2) is 10.9 Å². The van der Waals surface area contributed by atoms with Crippen LogP contribution in [0, 0.1) is 6.92 Å². The lowest BCUT2D eigenvalue weighted by atomic mass is 10.0. The van der Waals surface area contributed by atoms with Gasteiger partial charge >= 0.3 is 0 Å². The fourth-order valence-electron chi connectivity index (χ4n) is 2.63. The zero-order valence-corrected chi connectivity index (χ0v) is 19.2. The maximum absolute atomic E-state index is 11.7. The van der Waals surface area contributed by atoms with Gasteiger partial charge in [0.1, 0.15) is 4.90 Å². The summed E-state index contributed by atoms with van der Waals surface area (Å²) < 4.78 is 23.4.